The largest absolute Gasteiger partial charge is 0.379 e. The first-order valence-electron chi connectivity index (χ1n) is 11.2. The molecule has 7 heteroatoms. The maximum absolute atomic E-state index is 13.3. The van der Waals surface area contributed by atoms with E-state index in [4.69, 9.17) is 4.74 Å². The predicted molar refractivity (Wildman–Crippen MR) is 130 cm³/mol. The molecule has 3 aromatic rings. The van der Waals surface area contributed by atoms with Gasteiger partial charge in [0.1, 0.15) is 6.04 Å². The van der Waals surface area contributed by atoms with Gasteiger partial charge in [0.15, 0.2) is 0 Å². The molecule has 4 rings (SSSR count). The van der Waals surface area contributed by atoms with Crippen molar-refractivity contribution < 1.29 is 14.3 Å². The zero-order chi connectivity index (χ0) is 22.9. The fourth-order valence-electron chi connectivity index (χ4n) is 3.99. The topological polar surface area (TPSA) is 70.7 Å². The number of nitrogens with one attached hydrogen (secondary N) is 2. The van der Waals surface area contributed by atoms with Crippen molar-refractivity contribution in [2.24, 2.45) is 0 Å². The lowest BCUT2D eigenvalue weighted by Gasteiger charge is -2.34. The number of ether oxygens (including phenoxy) is 1. The summed E-state index contributed by atoms with van der Waals surface area (Å²) in [7, 11) is 0. The van der Waals surface area contributed by atoms with Crippen LogP contribution in [0.25, 0.3) is 0 Å². The van der Waals surface area contributed by atoms with Crippen LogP contribution >= 0.6 is 11.3 Å². The van der Waals surface area contributed by atoms with Crippen LogP contribution in [-0.2, 0) is 16.0 Å². The number of hydrogen-bond donors (Lipinski definition) is 2. The average molecular weight is 464 g/mol. The van der Waals surface area contributed by atoms with Crippen LogP contribution in [0.3, 0.4) is 0 Å². The highest BCUT2D eigenvalue weighted by atomic mass is 32.1. The number of carbonyl (C=O) groups excluding carboxylic acids is 2. The summed E-state index contributed by atoms with van der Waals surface area (Å²) < 4.78 is 5.51. The van der Waals surface area contributed by atoms with E-state index in [-0.39, 0.29) is 17.9 Å². The van der Waals surface area contributed by atoms with Crippen LogP contribution in [0.4, 0.5) is 0 Å². The Balaban J connectivity index is 1.46. The summed E-state index contributed by atoms with van der Waals surface area (Å²) >= 11 is 1.69. The lowest BCUT2D eigenvalue weighted by molar-refractivity contribution is -0.123. The van der Waals surface area contributed by atoms with Gasteiger partial charge in [-0.25, -0.2) is 0 Å². The van der Waals surface area contributed by atoms with Crippen molar-refractivity contribution in [3.63, 3.8) is 0 Å². The van der Waals surface area contributed by atoms with Gasteiger partial charge in [-0.3, -0.25) is 14.5 Å². The SMILES string of the molecule is O=C(N[C@H](Cc1ccccc1)C(=O)NC[C@H](c1cccs1)N1CCOCC1)c1ccccc1. The average Bonchev–Trinajstić information content (AvgIpc) is 3.40. The minimum atomic E-state index is -0.672. The highest BCUT2D eigenvalue weighted by molar-refractivity contribution is 7.10. The van der Waals surface area contributed by atoms with Crippen molar-refractivity contribution in [2.45, 2.75) is 18.5 Å². The van der Waals surface area contributed by atoms with Crippen molar-refractivity contribution >= 4 is 23.2 Å². The highest BCUT2D eigenvalue weighted by Gasteiger charge is 2.27. The normalized spacial score (nSPS) is 16.0. The van der Waals surface area contributed by atoms with E-state index >= 15 is 0 Å². The van der Waals surface area contributed by atoms with Crippen molar-refractivity contribution in [1.82, 2.24) is 15.5 Å². The fraction of sp³-hybridized carbons (Fsp3) is 0.308. The number of benzene rings is 2. The van der Waals surface area contributed by atoms with E-state index in [9.17, 15) is 9.59 Å². The van der Waals surface area contributed by atoms with Crippen molar-refractivity contribution in [2.75, 3.05) is 32.8 Å². The van der Waals surface area contributed by atoms with Gasteiger partial charge in [0, 0.05) is 36.5 Å². The molecular formula is C26H29N3O3S. The summed E-state index contributed by atoms with van der Waals surface area (Å²) in [6.45, 7) is 3.53. The van der Waals surface area contributed by atoms with Crippen LogP contribution in [0, 0.1) is 0 Å². The van der Waals surface area contributed by atoms with E-state index in [1.807, 2.05) is 54.6 Å². The molecule has 0 aliphatic carbocycles. The van der Waals surface area contributed by atoms with E-state index in [2.05, 4.69) is 27.0 Å². The van der Waals surface area contributed by atoms with Crippen LogP contribution in [0.1, 0.15) is 26.8 Å². The van der Waals surface area contributed by atoms with Crippen molar-refractivity contribution in [3.05, 3.63) is 94.2 Å². The third kappa shape index (κ3) is 6.51. The minimum Gasteiger partial charge on any atom is -0.379 e. The van der Waals surface area contributed by atoms with E-state index < -0.39 is 6.04 Å². The molecule has 2 aromatic carbocycles. The first-order valence-corrected chi connectivity index (χ1v) is 12.1. The first-order chi connectivity index (χ1) is 16.2. The Hall–Kier alpha value is -3.00. The Morgan fingerprint density at radius 3 is 2.30 bits per heavy atom. The zero-order valence-corrected chi connectivity index (χ0v) is 19.3. The number of nitrogens with zero attached hydrogens (tertiary/aromatic N) is 1. The fourth-order valence-corrected chi connectivity index (χ4v) is 4.85. The number of carbonyl (C=O) groups is 2. The minimum absolute atomic E-state index is 0.0834. The Bertz CT molecular complexity index is 1010. The van der Waals surface area contributed by atoms with Crippen LogP contribution in [0.2, 0.25) is 0 Å². The maximum atomic E-state index is 13.3. The molecule has 1 aliphatic rings. The van der Waals surface area contributed by atoms with Gasteiger partial charge >= 0.3 is 0 Å². The molecule has 2 heterocycles. The molecule has 172 valence electrons. The third-order valence-corrected chi connectivity index (χ3v) is 6.74. The molecule has 0 unspecified atom stereocenters. The van der Waals surface area contributed by atoms with Gasteiger partial charge in [-0.2, -0.15) is 0 Å². The standard InChI is InChI=1S/C26H29N3O3S/c30-25(21-10-5-2-6-11-21)28-22(18-20-8-3-1-4-9-20)26(31)27-19-23(24-12-7-17-33-24)29-13-15-32-16-14-29/h1-12,17,22-23H,13-16,18-19H2,(H,27,31)(H,28,30)/t22-,23-/m1/s1. The van der Waals surface area contributed by atoms with Crippen molar-refractivity contribution in [3.8, 4) is 0 Å². The Labute approximate surface area is 198 Å². The predicted octanol–water partition coefficient (Wildman–Crippen LogP) is 3.28. The molecule has 33 heavy (non-hydrogen) atoms. The highest BCUT2D eigenvalue weighted by Crippen LogP contribution is 2.25. The van der Waals surface area contributed by atoms with Gasteiger partial charge in [-0.05, 0) is 29.1 Å². The molecule has 1 aliphatic heterocycles. The van der Waals surface area contributed by atoms with Gasteiger partial charge in [0.05, 0.1) is 19.3 Å². The third-order valence-electron chi connectivity index (χ3n) is 5.77. The smallest absolute Gasteiger partial charge is 0.251 e. The van der Waals surface area contributed by atoms with Gasteiger partial charge in [-0.15, -0.1) is 11.3 Å². The van der Waals surface area contributed by atoms with Crippen LogP contribution in [0.5, 0.6) is 0 Å². The molecule has 0 bridgehead atoms. The summed E-state index contributed by atoms with van der Waals surface area (Å²) in [4.78, 5) is 29.7. The van der Waals surface area contributed by atoms with E-state index in [0.29, 0.717) is 31.7 Å². The molecule has 0 saturated carbocycles. The molecular weight excluding hydrogens is 434 g/mol. The second-order valence-corrected chi connectivity index (χ2v) is 8.99. The number of rotatable bonds is 9. The summed E-state index contributed by atoms with van der Waals surface area (Å²) in [5.74, 6) is -0.437. The Kier molecular flexibility index (Phi) is 8.24. The lowest BCUT2D eigenvalue weighted by atomic mass is 10.0. The molecule has 0 spiro atoms. The summed E-state index contributed by atoms with van der Waals surface area (Å²) in [6.07, 6.45) is 0.423. The number of amides is 2. The quantitative estimate of drug-likeness (QED) is 0.511. The monoisotopic (exact) mass is 463 g/mol. The zero-order valence-electron chi connectivity index (χ0n) is 18.5. The van der Waals surface area contributed by atoms with Gasteiger partial charge in [0.25, 0.3) is 5.91 Å². The Morgan fingerprint density at radius 1 is 0.939 bits per heavy atom. The molecule has 2 atom stereocenters. The second kappa shape index (κ2) is 11.7. The summed E-state index contributed by atoms with van der Waals surface area (Å²) in [5.41, 5.74) is 1.53. The summed E-state index contributed by atoms with van der Waals surface area (Å²) in [6, 6.07) is 22.3. The molecule has 1 saturated heterocycles. The first kappa shape index (κ1) is 23.2. The van der Waals surface area contributed by atoms with Gasteiger partial charge in [0.2, 0.25) is 5.91 Å². The van der Waals surface area contributed by atoms with E-state index in [1.165, 1.54) is 4.88 Å². The van der Waals surface area contributed by atoms with Gasteiger partial charge in [-0.1, -0.05) is 54.6 Å². The molecule has 2 amide bonds. The maximum Gasteiger partial charge on any atom is 0.251 e. The van der Waals surface area contributed by atoms with E-state index in [0.717, 1.165) is 18.7 Å². The second-order valence-electron chi connectivity index (χ2n) is 8.01. The molecule has 1 fully saturated rings. The summed E-state index contributed by atoms with van der Waals surface area (Å²) in [5, 5.41) is 8.11. The molecule has 0 radical (unpaired) electrons. The van der Waals surface area contributed by atoms with Crippen LogP contribution in [-0.4, -0.2) is 55.6 Å². The van der Waals surface area contributed by atoms with Crippen LogP contribution < -0.4 is 10.6 Å². The van der Waals surface area contributed by atoms with Crippen LogP contribution in [0.15, 0.2) is 78.2 Å². The lowest BCUT2D eigenvalue weighted by Crippen LogP contribution is -2.50. The van der Waals surface area contributed by atoms with Crippen molar-refractivity contribution in [1.29, 1.82) is 0 Å². The molecule has 2 N–H and O–H groups in total. The number of hydrogen-bond acceptors (Lipinski definition) is 5. The molecule has 6 nitrogen and oxygen atoms in total. The number of thiophene rings is 1. The Morgan fingerprint density at radius 2 is 1.64 bits per heavy atom. The number of morpholine rings is 1. The van der Waals surface area contributed by atoms with Gasteiger partial charge < -0.3 is 15.4 Å². The van der Waals surface area contributed by atoms with E-state index in [1.54, 1.807) is 23.5 Å². The molecule has 1 aromatic heterocycles.